The van der Waals surface area contributed by atoms with Crippen LogP contribution in [-0.2, 0) is 16.1 Å². The van der Waals surface area contributed by atoms with Crippen molar-refractivity contribution in [2.75, 3.05) is 12.3 Å². The number of pyridine rings is 1. The van der Waals surface area contributed by atoms with Gasteiger partial charge in [-0.15, -0.1) is 0 Å². The second-order valence-corrected chi connectivity index (χ2v) is 7.57. The SMILES string of the molecule is Cc1nc(N)ccc1CNC(=O)[C@H](C)NC(=O)C1CC(c2ccccc2)CCN1. The Morgan fingerprint density at radius 1 is 1.24 bits per heavy atom. The summed E-state index contributed by atoms with van der Waals surface area (Å²) in [5.74, 6) is 0.425. The van der Waals surface area contributed by atoms with E-state index in [-0.39, 0.29) is 17.9 Å². The number of hydrogen-bond donors (Lipinski definition) is 4. The number of nitrogens with zero attached hydrogens (tertiary/aromatic N) is 1. The molecule has 3 atom stereocenters. The summed E-state index contributed by atoms with van der Waals surface area (Å²) in [7, 11) is 0. The number of nitrogens with two attached hydrogens (primary N) is 1. The van der Waals surface area contributed by atoms with E-state index in [9.17, 15) is 9.59 Å². The summed E-state index contributed by atoms with van der Waals surface area (Å²) < 4.78 is 0. The molecule has 1 aromatic carbocycles. The number of hydrogen-bond acceptors (Lipinski definition) is 5. The van der Waals surface area contributed by atoms with Crippen molar-refractivity contribution in [3.63, 3.8) is 0 Å². The summed E-state index contributed by atoms with van der Waals surface area (Å²) in [5.41, 5.74) is 8.58. The number of aryl methyl sites for hydroxylation is 1. The van der Waals surface area contributed by atoms with Gasteiger partial charge in [-0.2, -0.15) is 0 Å². The number of anilines is 1. The van der Waals surface area contributed by atoms with E-state index in [2.05, 4.69) is 33.1 Å². The van der Waals surface area contributed by atoms with Gasteiger partial charge >= 0.3 is 0 Å². The van der Waals surface area contributed by atoms with Gasteiger partial charge in [0, 0.05) is 12.2 Å². The lowest BCUT2D eigenvalue weighted by Crippen LogP contribution is -2.53. The number of carbonyl (C=O) groups excluding carboxylic acids is 2. The van der Waals surface area contributed by atoms with E-state index in [0.717, 1.165) is 30.6 Å². The molecule has 0 bridgehead atoms. The average molecular weight is 396 g/mol. The molecule has 0 spiro atoms. The van der Waals surface area contributed by atoms with Gasteiger partial charge in [0.05, 0.1) is 6.04 Å². The van der Waals surface area contributed by atoms with Crippen LogP contribution in [0.2, 0.25) is 0 Å². The molecule has 2 amide bonds. The van der Waals surface area contributed by atoms with Crippen LogP contribution in [0.5, 0.6) is 0 Å². The molecule has 7 heteroatoms. The Morgan fingerprint density at radius 2 is 2.00 bits per heavy atom. The highest BCUT2D eigenvalue weighted by Gasteiger charge is 2.29. The molecule has 2 unspecified atom stereocenters. The van der Waals surface area contributed by atoms with Gasteiger partial charge in [-0.1, -0.05) is 36.4 Å². The fraction of sp³-hybridized carbons (Fsp3) is 0.409. The Hall–Kier alpha value is -2.93. The number of benzene rings is 1. The highest BCUT2D eigenvalue weighted by atomic mass is 16.2. The van der Waals surface area contributed by atoms with Crippen molar-refractivity contribution in [2.24, 2.45) is 0 Å². The molecule has 1 fully saturated rings. The molecule has 154 valence electrons. The van der Waals surface area contributed by atoms with Crippen LogP contribution in [-0.4, -0.2) is 35.4 Å². The summed E-state index contributed by atoms with van der Waals surface area (Å²) in [5, 5.41) is 8.95. The molecule has 7 nitrogen and oxygen atoms in total. The van der Waals surface area contributed by atoms with Crippen molar-refractivity contribution >= 4 is 17.6 Å². The average Bonchev–Trinajstić information content (AvgIpc) is 2.73. The van der Waals surface area contributed by atoms with Gasteiger partial charge in [0.1, 0.15) is 11.9 Å². The lowest BCUT2D eigenvalue weighted by atomic mass is 9.86. The smallest absolute Gasteiger partial charge is 0.242 e. The minimum Gasteiger partial charge on any atom is -0.384 e. The number of nitrogen functional groups attached to an aromatic ring is 1. The zero-order chi connectivity index (χ0) is 20.8. The third-order valence-corrected chi connectivity index (χ3v) is 5.41. The monoisotopic (exact) mass is 395 g/mol. The molecule has 3 rings (SSSR count). The Morgan fingerprint density at radius 3 is 2.72 bits per heavy atom. The van der Waals surface area contributed by atoms with E-state index in [1.54, 1.807) is 13.0 Å². The molecule has 0 saturated carbocycles. The van der Waals surface area contributed by atoms with Crippen molar-refractivity contribution < 1.29 is 9.59 Å². The van der Waals surface area contributed by atoms with Gasteiger partial charge in [0.25, 0.3) is 0 Å². The first-order valence-electron chi connectivity index (χ1n) is 10.0. The van der Waals surface area contributed by atoms with E-state index in [0.29, 0.717) is 18.3 Å². The summed E-state index contributed by atoms with van der Waals surface area (Å²) >= 11 is 0. The maximum absolute atomic E-state index is 12.7. The van der Waals surface area contributed by atoms with Crippen LogP contribution < -0.4 is 21.7 Å². The zero-order valence-corrected chi connectivity index (χ0v) is 16.9. The van der Waals surface area contributed by atoms with Crippen LogP contribution in [0.15, 0.2) is 42.5 Å². The predicted molar refractivity (Wildman–Crippen MR) is 113 cm³/mol. The molecule has 2 aromatic rings. The third kappa shape index (κ3) is 5.54. The van der Waals surface area contributed by atoms with Gasteiger partial charge in [-0.25, -0.2) is 4.98 Å². The largest absolute Gasteiger partial charge is 0.384 e. The quantitative estimate of drug-likeness (QED) is 0.594. The molecule has 29 heavy (non-hydrogen) atoms. The number of nitrogens with one attached hydrogen (secondary N) is 3. The van der Waals surface area contributed by atoms with E-state index < -0.39 is 6.04 Å². The normalized spacial score (nSPS) is 19.9. The van der Waals surface area contributed by atoms with Crippen molar-refractivity contribution in [1.29, 1.82) is 0 Å². The van der Waals surface area contributed by atoms with E-state index >= 15 is 0 Å². The van der Waals surface area contributed by atoms with Gasteiger partial charge in [0.2, 0.25) is 11.8 Å². The van der Waals surface area contributed by atoms with Gasteiger partial charge in [0.15, 0.2) is 0 Å². The maximum atomic E-state index is 12.7. The van der Waals surface area contributed by atoms with Crippen molar-refractivity contribution in [3.05, 3.63) is 59.3 Å². The van der Waals surface area contributed by atoms with Gasteiger partial charge < -0.3 is 21.7 Å². The first kappa shape index (κ1) is 20.8. The molecule has 5 N–H and O–H groups in total. The van der Waals surface area contributed by atoms with Crippen molar-refractivity contribution in [3.8, 4) is 0 Å². The van der Waals surface area contributed by atoms with Crippen LogP contribution in [0.3, 0.4) is 0 Å². The minimum atomic E-state index is -0.622. The number of amides is 2. The van der Waals surface area contributed by atoms with E-state index in [1.165, 1.54) is 5.56 Å². The maximum Gasteiger partial charge on any atom is 0.242 e. The molecular formula is C22H29N5O2. The number of carbonyl (C=O) groups is 2. The lowest BCUT2D eigenvalue weighted by molar-refractivity contribution is -0.130. The standard InChI is InChI=1S/C22H29N5O2/c1-14-18(8-9-20(23)26-14)13-25-21(28)15(2)27-22(29)19-12-17(10-11-24-19)16-6-4-3-5-7-16/h3-9,15,17,19,24H,10-13H2,1-2H3,(H2,23,26)(H,25,28)(H,27,29)/t15-,17?,19?/m0/s1. The van der Waals surface area contributed by atoms with E-state index in [4.69, 9.17) is 5.73 Å². The summed E-state index contributed by atoms with van der Waals surface area (Å²) in [4.78, 5) is 29.3. The number of aromatic nitrogens is 1. The lowest BCUT2D eigenvalue weighted by Gasteiger charge is -2.30. The number of rotatable bonds is 6. The zero-order valence-electron chi connectivity index (χ0n) is 16.9. The first-order valence-corrected chi connectivity index (χ1v) is 10.0. The van der Waals surface area contributed by atoms with Crippen LogP contribution >= 0.6 is 0 Å². The summed E-state index contributed by atoms with van der Waals surface area (Å²) in [6.07, 6.45) is 1.72. The Kier molecular flexibility index (Phi) is 6.82. The second kappa shape index (κ2) is 9.52. The Balaban J connectivity index is 1.50. The molecule has 1 aliphatic rings. The van der Waals surface area contributed by atoms with Crippen LogP contribution in [0.4, 0.5) is 5.82 Å². The van der Waals surface area contributed by atoms with Crippen LogP contribution in [0.1, 0.15) is 42.5 Å². The fourth-order valence-corrected chi connectivity index (χ4v) is 3.66. The van der Waals surface area contributed by atoms with E-state index in [1.807, 2.05) is 31.2 Å². The molecule has 1 saturated heterocycles. The minimum absolute atomic E-state index is 0.140. The highest BCUT2D eigenvalue weighted by molar-refractivity contribution is 5.89. The molecule has 2 heterocycles. The van der Waals surface area contributed by atoms with Crippen LogP contribution in [0, 0.1) is 6.92 Å². The van der Waals surface area contributed by atoms with Crippen LogP contribution in [0.25, 0.3) is 0 Å². The topological polar surface area (TPSA) is 109 Å². The summed E-state index contributed by atoms with van der Waals surface area (Å²) in [6.45, 7) is 4.66. The molecule has 1 aliphatic heterocycles. The molecule has 0 radical (unpaired) electrons. The van der Waals surface area contributed by atoms with Gasteiger partial charge in [-0.3, -0.25) is 9.59 Å². The number of piperidine rings is 1. The second-order valence-electron chi connectivity index (χ2n) is 7.57. The van der Waals surface area contributed by atoms with Crippen molar-refractivity contribution in [1.82, 2.24) is 20.9 Å². The molecule has 0 aliphatic carbocycles. The first-order chi connectivity index (χ1) is 13.9. The highest BCUT2D eigenvalue weighted by Crippen LogP contribution is 2.27. The Bertz CT molecular complexity index is 856. The molecule has 1 aromatic heterocycles. The Labute approximate surface area is 171 Å². The molecular weight excluding hydrogens is 366 g/mol. The fourth-order valence-electron chi connectivity index (χ4n) is 3.66. The summed E-state index contributed by atoms with van der Waals surface area (Å²) in [6, 6.07) is 12.9. The van der Waals surface area contributed by atoms with Crippen molar-refractivity contribution in [2.45, 2.75) is 51.2 Å². The third-order valence-electron chi connectivity index (χ3n) is 5.41. The predicted octanol–water partition coefficient (Wildman–Crippen LogP) is 1.63. The van der Waals surface area contributed by atoms with Gasteiger partial charge in [-0.05, 0) is 56.3 Å².